The number of nitrogens with zero attached hydrogens (tertiary/aromatic N) is 1. The van der Waals surface area contributed by atoms with Crippen molar-refractivity contribution < 1.29 is 38.3 Å². The minimum atomic E-state index is -0.543. The molecule has 0 aromatic rings. The average Bonchev–Trinajstić information content (AvgIpc) is 3.22. The molecule has 1 heterocycles. The van der Waals surface area contributed by atoms with Crippen molar-refractivity contribution in [2.24, 2.45) is 0 Å². The standard InChI is InChI=1S/C24H37N5O8S2/c1-17(16-37-18(2)30)39-38-12-6-10-25-20(32)13-27-22(34)15-28-21(33)14-26-19(31)7-4-3-5-11-29-23(35)8-9-24(29)36/h8-9,17H,3-7,10-16H2,1-2H3,(H,25,32)(H,26,31)(H,27,34)(H,28,33). The maximum Gasteiger partial charge on any atom is 0.302 e. The fraction of sp³-hybridized carbons (Fsp3) is 0.625. The zero-order chi connectivity index (χ0) is 29.0. The van der Waals surface area contributed by atoms with Crippen LogP contribution in [0.2, 0.25) is 0 Å². The largest absolute Gasteiger partial charge is 0.465 e. The van der Waals surface area contributed by atoms with Crippen LogP contribution in [-0.4, -0.2) is 96.6 Å². The van der Waals surface area contributed by atoms with Crippen LogP contribution < -0.4 is 21.3 Å². The summed E-state index contributed by atoms with van der Waals surface area (Å²) in [4.78, 5) is 82.1. The van der Waals surface area contributed by atoms with Crippen molar-refractivity contribution in [2.45, 2.75) is 51.2 Å². The molecule has 1 aliphatic heterocycles. The third-order valence-electron chi connectivity index (χ3n) is 5.00. The number of carbonyl (C=O) groups excluding carboxylic acids is 7. The molecule has 1 aliphatic rings. The van der Waals surface area contributed by atoms with E-state index in [-0.39, 0.29) is 60.9 Å². The van der Waals surface area contributed by atoms with Crippen molar-refractivity contribution in [1.29, 1.82) is 0 Å². The molecule has 1 rings (SSSR count). The quantitative estimate of drug-likeness (QED) is 0.0637. The van der Waals surface area contributed by atoms with Gasteiger partial charge in [0.25, 0.3) is 11.8 Å². The zero-order valence-corrected chi connectivity index (χ0v) is 23.9. The Morgan fingerprint density at radius 3 is 1.97 bits per heavy atom. The molecule has 0 bridgehead atoms. The summed E-state index contributed by atoms with van der Waals surface area (Å²) in [6.07, 6.45) is 5.14. The summed E-state index contributed by atoms with van der Waals surface area (Å²) >= 11 is 0. The van der Waals surface area contributed by atoms with Crippen molar-refractivity contribution >= 4 is 63.0 Å². The highest BCUT2D eigenvalue weighted by Crippen LogP contribution is 2.27. The molecule has 0 fully saturated rings. The third-order valence-corrected chi connectivity index (χ3v) is 7.95. The molecular weight excluding hydrogens is 550 g/mol. The van der Waals surface area contributed by atoms with E-state index in [1.165, 1.54) is 19.1 Å². The molecule has 1 atom stereocenters. The second kappa shape index (κ2) is 19.9. The van der Waals surface area contributed by atoms with E-state index in [2.05, 4.69) is 21.3 Å². The molecule has 15 heteroatoms. The number of esters is 1. The lowest BCUT2D eigenvalue weighted by Crippen LogP contribution is -2.44. The molecule has 13 nitrogen and oxygen atoms in total. The summed E-state index contributed by atoms with van der Waals surface area (Å²) in [6.45, 7) is 3.60. The van der Waals surface area contributed by atoms with Crippen LogP contribution in [0.15, 0.2) is 12.2 Å². The fourth-order valence-corrected chi connectivity index (χ4v) is 5.20. The molecule has 6 amide bonds. The SMILES string of the molecule is CC(=O)OCC(C)SSCCCNC(=O)CNC(=O)CNC(=O)CNC(=O)CCCCCN1C(=O)C=CC1=O. The van der Waals surface area contributed by atoms with E-state index in [0.29, 0.717) is 39.0 Å². The third kappa shape index (κ3) is 17.2. The van der Waals surface area contributed by atoms with Crippen molar-refractivity contribution in [3.63, 3.8) is 0 Å². The first-order valence-corrected chi connectivity index (χ1v) is 15.0. The Morgan fingerprint density at radius 2 is 1.38 bits per heavy atom. The van der Waals surface area contributed by atoms with Crippen molar-refractivity contribution in [1.82, 2.24) is 26.2 Å². The van der Waals surface area contributed by atoms with Gasteiger partial charge in [0.1, 0.15) is 6.61 Å². The average molecular weight is 588 g/mol. The van der Waals surface area contributed by atoms with Gasteiger partial charge in [-0.2, -0.15) is 0 Å². The van der Waals surface area contributed by atoms with Gasteiger partial charge in [-0.05, 0) is 26.2 Å². The molecule has 0 aromatic carbocycles. The number of rotatable bonds is 20. The Balaban J connectivity index is 1.98. The highest BCUT2D eigenvalue weighted by atomic mass is 33.1. The van der Waals surface area contributed by atoms with Gasteiger partial charge in [0, 0.05) is 49.6 Å². The summed E-state index contributed by atoms with van der Waals surface area (Å²) in [5.74, 6) is -1.92. The smallest absolute Gasteiger partial charge is 0.302 e. The molecular formula is C24H37N5O8S2. The molecule has 218 valence electrons. The van der Waals surface area contributed by atoms with Gasteiger partial charge in [-0.25, -0.2) is 0 Å². The van der Waals surface area contributed by atoms with E-state index in [1.807, 2.05) is 6.92 Å². The summed E-state index contributed by atoms with van der Waals surface area (Å²) < 4.78 is 4.93. The number of imide groups is 1. The van der Waals surface area contributed by atoms with Gasteiger partial charge in [0.15, 0.2) is 0 Å². The minimum absolute atomic E-state index is 0.169. The Bertz CT molecular complexity index is 897. The molecule has 39 heavy (non-hydrogen) atoms. The van der Waals surface area contributed by atoms with E-state index >= 15 is 0 Å². The lowest BCUT2D eigenvalue weighted by atomic mass is 10.2. The molecule has 0 saturated heterocycles. The summed E-state index contributed by atoms with van der Waals surface area (Å²) in [6, 6.07) is 0. The van der Waals surface area contributed by atoms with E-state index < -0.39 is 11.8 Å². The van der Waals surface area contributed by atoms with Gasteiger partial charge in [-0.3, -0.25) is 38.5 Å². The molecule has 0 radical (unpaired) electrons. The summed E-state index contributed by atoms with van der Waals surface area (Å²) in [5.41, 5.74) is 0. The number of hydrogen-bond donors (Lipinski definition) is 4. The second-order valence-electron chi connectivity index (χ2n) is 8.54. The van der Waals surface area contributed by atoms with E-state index in [9.17, 15) is 33.6 Å². The van der Waals surface area contributed by atoms with Crippen LogP contribution in [0.1, 0.15) is 46.0 Å². The normalized spacial score (nSPS) is 13.1. The van der Waals surface area contributed by atoms with E-state index in [1.54, 1.807) is 21.6 Å². The van der Waals surface area contributed by atoms with Crippen LogP contribution >= 0.6 is 21.6 Å². The number of nitrogens with one attached hydrogen (secondary N) is 4. The van der Waals surface area contributed by atoms with Crippen LogP contribution in [0.3, 0.4) is 0 Å². The van der Waals surface area contributed by atoms with Crippen LogP contribution in [0.5, 0.6) is 0 Å². The van der Waals surface area contributed by atoms with Gasteiger partial charge in [-0.15, -0.1) is 0 Å². The van der Waals surface area contributed by atoms with Crippen molar-refractivity contribution in [3.8, 4) is 0 Å². The van der Waals surface area contributed by atoms with Gasteiger partial charge in [0.05, 0.1) is 19.6 Å². The van der Waals surface area contributed by atoms with Crippen LogP contribution in [-0.2, 0) is 38.3 Å². The zero-order valence-electron chi connectivity index (χ0n) is 22.2. The lowest BCUT2D eigenvalue weighted by molar-refractivity contribution is -0.141. The molecule has 0 aromatic heterocycles. The monoisotopic (exact) mass is 587 g/mol. The van der Waals surface area contributed by atoms with E-state index in [0.717, 1.165) is 17.1 Å². The van der Waals surface area contributed by atoms with Crippen molar-refractivity contribution in [3.05, 3.63) is 12.2 Å². The first-order chi connectivity index (χ1) is 18.6. The first kappa shape index (κ1) is 34.0. The Hall–Kier alpha value is -3.07. The van der Waals surface area contributed by atoms with Gasteiger partial charge in [-0.1, -0.05) is 28.0 Å². The first-order valence-electron chi connectivity index (χ1n) is 12.6. The predicted octanol–water partition coefficient (Wildman–Crippen LogP) is -0.340. The fourth-order valence-electron chi connectivity index (χ4n) is 2.98. The second-order valence-corrected chi connectivity index (χ2v) is 11.5. The topological polar surface area (TPSA) is 180 Å². The number of hydrogen-bond acceptors (Lipinski definition) is 10. The van der Waals surface area contributed by atoms with Gasteiger partial charge < -0.3 is 26.0 Å². The maximum absolute atomic E-state index is 11.8. The highest BCUT2D eigenvalue weighted by Gasteiger charge is 2.22. The number of ether oxygens (including phenoxy) is 1. The maximum atomic E-state index is 11.8. The molecule has 0 aliphatic carbocycles. The Morgan fingerprint density at radius 1 is 0.821 bits per heavy atom. The molecule has 1 unspecified atom stereocenters. The molecule has 0 spiro atoms. The number of amides is 6. The summed E-state index contributed by atoms with van der Waals surface area (Å²) in [7, 11) is 3.23. The Kier molecular flexibility index (Phi) is 17.3. The van der Waals surface area contributed by atoms with Crippen molar-refractivity contribution in [2.75, 3.05) is 45.1 Å². The number of unbranched alkanes of at least 4 members (excludes halogenated alkanes) is 2. The number of carbonyl (C=O) groups is 7. The van der Waals surface area contributed by atoms with Crippen LogP contribution in [0.25, 0.3) is 0 Å². The van der Waals surface area contributed by atoms with Crippen LogP contribution in [0, 0.1) is 0 Å². The van der Waals surface area contributed by atoms with Gasteiger partial charge in [0.2, 0.25) is 23.6 Å². The van der Waals surface area contributed by atoms with Gasteiger partial charge >= 0.3 is 5.97 Å². The minimum Gasteiger partial charge on any atom is -0.465 e. The van der Waals surface area contributed by atoms with E-state index in [4.69, 9.17) is 4.74 Å². The summed E-state index contributed by atoms with van der Waals surface area (Å²) in [5, 5.41) is 10.1. The molecule has 0 saturated carbocycles. The Labute approximate surface area is 235 Å². The van der Waals surface area contributed by atoms with Crippen LogP contribution in [0.4, 0.5) is 0 Å². The highest BCUT2D eigenvalue weighted by molar-refractivity contribution is 8.76. The molecule has 4 N–H and O–H groups in total. The predicted molar refractivity (Wildman–Crippen MR) is 147 cm³/mol. The lowest BCUT2D eigenvalue weighted by Gasteiger charge is -2.13.